The Morgan fingerprint density at radius 1 is 1.10 bits per heavy atom. The predicted molar refractivity (Wildman–Crippen MR) is 106 cm³/mol. The van der Waals surface area contributed by atoms with Gasteiger partial charge in [0.2, 0.25) is 5.88 Å². The van der Waals surface area contributed by atoms with Gasteiger partial charge in [0, 0.05) is 12.7 Å². The first kappa shape index (κ1) is 19.6. The summed E-state index contributed by atoms with van der Waals surface area (Å²) in [4.78, 5) is 46.8. The number of pyridine rings is 1. The van der Waals surface area contributed by atoms with E-state index in [0.717, 1.165) is 22.2 Å². The highest BCUT2D eigenvalue weighted by Crippen LogP contribution is 2.30. The van der Waals surface area contributed by atoms with Gasteiger partial charge in [-0.3, -0.25) is 9.59 Å². The molecular weight excluding hydrogens is 388 g/mol. The molecule has 1 aliphatic heterocycles. The smallest absolute Gasteiger partial charge is 0.333 e. The highest BCUT2D eigenvalue weighted by Gasteiger charge is 2.38. The van der Waals surface area contributed by atoms with E-state index in [0.29, 0.717) is 23.0 Å². The number of carbonyl (C=O) groups excluding carboxylic acids is 3. The molecule has 2 aromatic heterocycles. The molecule has 0 saturated heterocycles. The molecule has 0 N–H and O–H groups in total. The van der Waals surface area contributed by atoms with Crippen LogP contribution in [0.25, 0.3) is 11.0 Å². The average molecular weight is 408 g/mol. The molecule has 4 rings (SSSR count). The molecule has 0 atom stereocenters. The van der Waals surface area contributed by atoms with Crippen LogP contribution in [0.5, 0.6) is 5.88 Å². The molecule has 1 aliphatic rings. The zero-order valence-electron chi connectivity index (χ0n) is 17.1. The van der Waals surface area contributed by atoms with Crippen LogP contribution in [0.3, 0.4) is 0 Å². The zero-order valence-corrected chi connectivity index (χ0v) is 17.1. The van der Waals surface area contributed by atoms with E-state index in [9.17, 15) is 14.4 Å². The number of amides is 2. The van der Waals surface area contributed by atoms with Crippen LogP contribution in [0.2, 0.25) is 0 Å². The van der Waals surface area contributed by atoms with Gasteiger partial charge in [-0.05, 0) is 43.5 Å². The van der Waals surface area contributed by atoms with E-state index < -0.39 is 17.8 Å². The van der Waals surface area contributed by atoms with Crippen molar-refractivity contribution in [2.24, 2.45) is 7.05 Å². The molecule has 0 aliphatic carbocycles. The first-order chi connectivity index (χ1) is 14.3. The fourth-order valence-corrected chi connectivity index (χ4v) is 3.73. The third kappa shape index (κ3) is 2.99. The van der Waals surface area contributed by atoms with E-state index >= 15 is 0 Å². The molecule has 0 unspecified atom stereocenters. The lowest BCUT2D eigenvalue weighted by atomic mass is 10.0. The maximum Gasteiger partial charge on any atom is 0.333 e. The number of hydroxylamine groups is 2. The van der Waals surface area contributed by atoms with Crippen LogP contribution in [-0.2, 0) is 23.1 Å². The molecule has 2 amide bonds. The Bertz CT molecular complexity index is 1180. The second-order valence-electron chi connectivity index (χ2n) is 7.05. The molecule has 0 bridgehead atoms. The minimum atomic E-state index is -0.679. The van der Waals surface area contributed by atoms with Crippen molar-refractivity contribution in [3.05, 3.63) is 52.2 Å². The van der Waals surface area contributed by atoms with E-state index in [-0.39, 0.29) is 17.5 Å². The fraction of sp³-hybridized carbons (Fsp3) is 0.286. The Kier molecular flexibility index (Phi) is 4.73. The van der Waals surface area contributed by atoms with E-state index in [4.69, 9.17) is 9.57 Å². The number of aromatic nitrogens is 3. The van der Waals surface area contributed by atoms with Gasteiger partial charge in [0.15, 0.2) is 5.65 Å². The number of nitrogens with zero attached hydrogens (tertiary/aromatic N) is 4. The molecule has 3 heterocycles. The minimum absolute atomic E-state index is 0.0230. The van der Waals surface area contributed by atoms with Gasteiger partial charge in [0.25, 0.3) is 11.8 Å². The Morgan fingerprint density at radius 2 is 1.73 bits per heavy atom. The number of carbonyl (C=O) groups is 3. The molecule has 0 saturated carbocycles. The molecular formula is C21H20N4O5. The van der Waals surface area contributed by atoms with Crippen molar-refractivity contribution in [2.45, 2.75) is 26.7 Å². The first-order valence-corrected chi connectivity index (χ1v) is 9.38. The minimum Gasteiger partial charge on any atom is -0.479 e. The van der Waals surface area contributed by atoms with Crippen molar-refractivity contribution >= 4 is 28.8 Å². The number of fused-ring (bicyclic) bond motifs is 2. The first-order valence-electron chi connectivity index (χ1n) is 9.38. The zero-order chi connectivity index (χ0) is 21.6. The van der Waals surface area contributed by atoms with Gasteiger partial charge in [-0.15, -0.1) is 5.10 Å². The number of benzene rings is 1. The van der Waals surface area contributed by atoms with Crippen LogP contribution < -0.4 is 4.74 Å². The molecule has 3 aromatic rings. The van der Waals surface area contributed by atoms with Crippen LogP contribution in [0.4, 0.5) is 0 Å². The second kappa shape index (κ2) is 7.25. The van der Waals surface area contributed by atoms with Crippen molar-refractivity contribution < 1.29 is 24.0 Å². The van der Waals surface area contributed by atoms with E-state index in [2.05, 4.69) is 10.1 Å². The SMILES string of the molecule is COc1nn(C)c2nc(C)c(CCC(=O)ON3C(=O)c4ccccc4C3=O)c(C)c12. The average Bonchev–Trinajstić information content (AvgIpc) is 3.17. The summed E-state index contributed by atoms with van der Waals surface area (Å²) in [5.74, 6) is -1.49. The number of methoxy groups -OCH3 is 1. The highest BCUT2D eigenvalue weighted by molar-refractivity contribution is 6.20. The molecule has 9 heteroatoms. The third-order valence-electron chi connectivity index (χ3n) is 5.25. The molecule has 0 radical (unpaired) electrons. The Hall–Kier alpha value is -3.75. The Balaban J connectivity index is 1.52. The molecule has 9 nitrogen and oxygen atoms in total. The van der Waals surface area contributed by atoms with Crippen molar-refractivity contribution in [2.75, 3.05) is 7.11 Å². The summed E-state index contributed by atoms with van der Waals surface area (Å²) in [6.45, 7) is 3.78. The van der Waals surface area contributed by atoms with Gasteiger partial charge in [0.05, 0.1) is 30.0 Å². The summed E-state index contributed by atoms with van der Waals surface area (Å²) in [6, 6.07) is 6.35. The molecule has 154 valence electrons. The number of aryl methyl sites for hydroxylation is 3. The van der Waals surface area contributed by atoms with Crippen molar-refractivity contribution in [1.82, 2.24) is 19.8 Å². The lowest BCUT2D eigenvalue weighted by Crippen LogP contribution is -2.32. The molecule has 0 spiro atoms. The number of ether oxygens (including phenoxy) is 1. The van der Waals surface area contributed by atoms with Crippen LogP contribution in [0.1, 0.15) is 44.0 Å². The summed E-state index contributed by atoms with van der Waals surface area (Å²) in [7, 11) is 3.33. The van der Waals surface area contributed by atoms with Gasteiger partial charge in [0.1, 0.15) is 0 Å². The Labute approximate surface area is 172 Å². The van der Waals surface area contributed by atoms with Gasteiger partial charge in [-0.25, -0.2) is 14.5 Å². The van der Waals surface area contributed by atoms with Gasteiger partial charge in [-0.2, -0.15) is 0 Å². The van der Waals surface area contributed by atoms with Crippen molar-refractivity contribution in [3.8, 4) is 5.88 Å². The van der Waals surface area contributed by atoms with Crippen LogP contribution in [0.15, 0.2) is 24.3 Å². The van der Waals surface area contributed by atoms with Crippen LogP contribution in [-0.4, -0.2) is 44.7 Å². The van der Waals surface area contributed by atoms with E-state index in [1.807, 2.05) is 13.8 Å². The van der Waals surface area contributed by atoms with Crippen molar-refractivity contribution in [3.63, 3.8) is 0 Å². The maximum atomic E-state index is 12.4. The summed E-state index contributed by atoms with van der Waals surface area (Å²) in [5.41, 5.74) is 3.68. The Morgan fingerprint density at radius 3 is 2.33 bits per heavy atom. The predicted octanol–water partition coefficient (Wildman–Crippen LogP) is 2.28. The normalized spacial score (nSPS) is 13.1. The van der Waals surface area contributed by atoms with Gasteiger partial charge >= 0.3 is 5.97 Å². The van der Waals surface area contributed by atoms with E-state index in [1.165, 1.54) is 12.1 Å². The summed E-state index contributed by atoms with van der Waals surface area (Å²) < 4.78 is 6.99. The lowest BCUT2D eigenvalue weighted by molar-refractivity contribution is -0.168. The monoisotopic (exact) mass is 408 g/mol. The summed E-state index contributed by atoms with van der Waals surface area (Å²) >= 11 is 0. The quantitative estimate of drug-likeness (QED) is 0.597. The maximum absolute atomic E-state index is 12.4. The van der Waals surface area contributed by atoms with Crippen molar-refractivity contribution in [1.29, 1.82) is 0 Å². The molecule has 30 heavy (non-hydrogen) atoms. The summed E-state index contributed by atoms with van der Waals surface area (Å²) in [6.07, 6.45) is 0.311. The topological polar surface area (TPSA) is 104 Å². The second-order valence-corrected chi connectivity index (χ2v) is 7.05. The number of hydrogen-bond donors (Lipinski definition) is 0. The van der Waals surface area contributed by atoms with E-state index in [1.54, 1.807) is 31.0 Å². The molecule has 1 aromatic carbocycles. The number of rotatable bonds is 5. The number of hydrogen-bond acceptors (Lipinski definition) is 7. The molecule has 0 fully saturated rings. The fourth-order valence-electron chi connectivity index (χ4n) is 3.73. The van der Waals surface area contributed by atoms with Crippen LogP contribution in [0, 0.1) is 13.8 Å². The number of imide groups is 1. The summed E-state index contributed by atoms with van der Waals surface area (Å²) in [5, 5.41) is 5.62. The highest BCUT2D eigenvalue weighted by atomic mass is 16.7. The van der Waals surface area contributed by atoms with Gasteiger partial charge < -0.3 is 9.57 Å². The third-order valence-corrected chi connectivity index (χ3v) is 5.25. The standard InChI is InChI=1S/C21H20N4O5/c1-11-13(12(2)22-18-17(11)19(29-4)23-24(18)3)9-10-16(26)30-25-20(27)14-7-5-6-8-15(14)21(25)28/h5-8H,9-10H2,1-4H3. The largest absolute Gasteiger partial charge is 0.479 e. The van der Waals surface area contributed by atoms with Gasteiger partial charge in [-0.1, -0.05) is 17.2 Å². The van der Waals surface area contributed by atoms with Crippen LogP contribution >= 0.6 is 0 Å². The lowest BCUT2D eigenvalue weighted by Gasteiger charge is -2.14.